The van der Waals surface area contributed by atoms with Crippen LogP contribution in [0.25, 0.3) is 10.6 Å². The van der Waals surface area contributed by atoms with Gasteiger partial charge in [0.05, 0.1) is 23.4 Å². The molecule has 8 heteroatoms. The molecule has 0 saturated carbocycles. The van der Waals surface area contributed by atoms with Crippen LogP contribution in [-0.2, 0) is 0 Å². The third kappa shape index (κ3) is 3.32. The van der Waals surface area contributed by atoms with Gasteiger partial charge in [0.1, 0.15) is 5.69 Å². The topological polar surface area (TPSA) is 89.4 Å². The highest BCUT2D eigenvalue weighted by atomic mass is 32.1. The summed E-state index contributed by atoms with van der Waals surface area (Å²) in [7, 11) is 1.59. The molecule has 2 aromatic heterocycles. The normalized spacial score (nSPS) is 10.3. The van der Waals surface area contributed by atoms with Crippen LogP contribution in [0, 0.1) is 11.8 Å². The van der Waals surface area contributed by atoms with E-state index in [1.807, 2.05) is 19.1 Å². The lowest BCUT2D eigenvalue weighted by Gasteiger charge is -2.06. The second kappa shape index (κ2) is 6.49. The predicted molar refractivity (Wildman–Crippen MR) is 89.6 cm³/mol. The minimum absolute atomic E-state index is 0.342. The van der Waals surface area contributed by atoms with Gasteiger partial charge in [0.15, 0.2) is 0 Å². The van der Waals surface area contributed by atoms with Crippen LogP contribution in [0.15, 0.2) is 41.7 Å². The zero-order chi connectivity index (χ0) is 16.2. The van der Waals surface area contributed by atoms with E-state index in [-0.39, 0.29) is 0 Å². The SMILES string of the molecule is COc1nc(C)c(-c2ccnc(Nc3cccc(N=O)c3)n2)s1. The second-order valence-corrected chi connectivity index (χ2v) is 5.59. The molecule has 1 aromatic carbocycles. The molecule has 2 heterocycles. The zero-order valence-corrected chi connectivity index (χ0v) is 13.3. The third-order valence-electron chi connectivity index (χ3n) is 3.05. The van der Waals surface area contributed by atoms with E-state index >= 15 is 0 Å². The first-order valence-electron chi connectivity index (χ1n) is 6.75. The Kier molecular flexibility index (Phi) is 4.24. The van der Waals surface area contributed by atoms with Gasteiger partial charge in [0, 0.05) is 11.9 Å². The number of aryl methyl sites for hydroxylation is 1. The number of hydrogen-bond acceptors (Lipinski definition) is 8. The van der Waals surface area contributed by atoms with Crippen molar-refractivity contribution in [2.45, 2.75) is 6.92 Å². The van der Waals surface area contributed by atoms with Gasteiger partial charge >= 0.3 is 0 Å². The van der Waals surface area contributed by atoms with Crippen LogP contribution in [-0.4, -0.2) is 22.1 Å². The molecule has 0 fully saturated rings. The van der Waals surface area contributed by atoms with Crippen LogP contribution >= 0.6 is 11.3 Å². The monoisotopic (exact) mass is 327 g/mol. The summed E-state index contributed by atoms with van der Waals surface area (Å²) in [4.78, 5) is 24.5. The average molecular weight is 327 g/mol. The number of nitroso groups, excluding NO2 is 1. The van der Waals surface area contributed by atoms with Crippen molar-refractivity contribution in [1.29, 1.82) is 0 Å². The van der Waals surface area contributed by atoms with Crippen LogP contribution in [0.1, 0.15) is 5.69 Å². The molecule has 0 aliphatic carbocycles. The van der Waals surface area contributed by atoms with Gasteiger partial charge < -0.3 is 10.1 Å². The second-order valence-electron chi connectivity index (χ2n) is 4.63. The first-order chi connectivity index (χ1) is 11.2. The number of benzene rings is 1. The fourth-order valence-electron chi connectivity index (χ4n) is 2.01. The van der Waals surface area contributed by atoms with Gasteiger partial charge in [-0.3, -0.25) is 0 Å². The van der Waals surface area contributed by atoms with Crippen molar-refractivity contribution in [2.24, 2.45) is 5.18 Å². The Balaban J connectivity index is 1.90. The lowest BCUT2D eigenvalue weighted by atomic mass is 10.3. The van der Waals surface area contributed by atoms with Gasteiger partial charge in [-0.05, 0) is 36.4 Å². The molecule has 0 radical (unpaired) electrons. The molecule has 3 aromatic rings. The van der Waals surface area contributed by atoms with E-state index in [0.29, 0.717) is 22.5 Å². The molecule has 3 rings (SSSR count). The summed E-state index contributed by atoms with van der Waals surface area (Å²) in [5, 5.41) is 6.56. The van der Waals surface area contributed by atoms with Gasteiger partial charge in [0.2, 0.25) is 5.95 Å². The van der Waals surface area contributed by atoms with Crippen molar-refractivity contribution in [3.8, 4) is 15.8 Å². The number of methoxy groups -OCH3 is 1. The van der Waals surface area contributed by atoms with E-state index in [9.17, 15) is 4.91 Å². The van der Waals surface area contributed by atoms with Crippen molar-refractivity contribution >= 4 is 28.7 Å². The number of rotatable bonds is 5. The first kappa shape index (κ1) is 15.0. The number of thiazole rings is 1. The third-order valence-corrected chi connectivity index (χ3v) is 4.19. The van der Waals surface area contributed by atoms with Crippen LogP contribution in [0.3, 0.4) is 0 Å². The predicted octanol–water partition coefficient (Wildman–Crippen LogP) is 4.06. The first-order valence-corrected chi connectivity index (χ1v) is 7.56. The quantitative estimate of drug-likeness (QED) is 0.711. The largest absolute Gasteiger partial charge is 0.473 e. The number of nitrogens with zero attached hydrogens (tertiary/aromatic N) is 4. The molecular formula is C15H13N5O2S. The average Bonchev–Trinajstić information content (AvgIpc) is 2.96. The van der Waals surface area contributed by atoms with Crippen LogP contribution < -0.4 is 10.1 Å². The van der Waals surface area contributed by atoms with Crippen LogP contribution in [0.5, 0.6) is 5.19 Å². The van der Waals surface area contributed by atoms with Crippen molar-refractivity contribution in [2.75, 3.05) is 12.4 Å². The molecular weight excluding hydrogens is 314 g/mol. The van der Waals surface area contributed by atoms with Crippen LogP contribution in [0.4, 0.5) is 17.3 Å². The van der Waals surface area contributed by atoms with Crippen molar-refractivity contribution < 1.29 is 4.74 Å². The molecule has 0 atom stereocenters. The van der Waals surface area contributed by atoms with E-state index in [1.165, 1.54) is 11.3 Å². The fourth-order valence-corrected chi connectivity index (χ4v) is 2.86. The smallest absolute Gasteiger partial charge is 0.273 e. The molecule has 116 valence electrons. The summed E-state index contributed by atoms with van der Waals surface area (Å²) in [6, 6.07) is 8.62. The van der Waals surface area contributed by atoms with Gasteiger partial charge in [-0.1, -0.05) is 17.4 Å². The highest BCUT2D eigenvalue weighted by Gasteiger charge is 2.12. The molecule has 23 heavy (non-hydrogen) atoms. The summed E-state index contributed by atoms with van der Waals surface area (Å²) >= 11 is 1.43. The zero-order valence-electron chi connectivity index (χ0n) is 12.5. The number of nitrogens with one attached hydrogen (secondary N) is 1. The van der Waals surface area contributed by atoms with Gasteiger partial charge in [-0.25, -0.2) is 15.0 Å². The number of hydrogen-bond donors (Lipinski definition) is 1. The number of aromatic nitrogens is 3. The van der Waals surface area contributed by atoms with E-state index in [2.05, 4.69) is 25.4 Å². The summed E-state index contributed by atoms with van der Waals surface area (Å²) in [5.41, 5.74) is 2.64. The molecule has 1 N–H and O–H groups in total. The van der Waals surface area contributed by atoms with E-state index in [0.717, 1.165) is 16.3 Å². The fraction of sp³-hybridized carbons (Fsp3) is 0.133. The molecule has 0 saturated heterocycles. The molecule has 7 nitrogen and oxygen atoms in total. The molecule has 0 amide bonds. The summed E-state index contributed by atoms with van der Waals surface area (Å²) < 4.78 is 5.16. The van der Waals surface area contributed by atoms with E-state index in [1.54, 1.807) is 31.5 Å². The Hall–Kier alpha value is -2.87. The lowest BCUT2D eigenvalue weighted by Crippen LogP contribution is -1.97. The number of anilines is 2. The van der Waals surface area contributed by atoms with E-state index < -0.39 is 0 Å². The molecule has 0 unspecified atom stereocenters. The maximum Gasteiger partial charge on any atom is 0.273 e. The standard InChI is InChI=1S/C15H13N5O2S/c1-9-13(23-15(17-9)22-2)12-6-7-16-14(19-12)18-10-4-3-5-11(8-10)20-21/h3-8H,1-2H3,(H,16,18,19). The maximum atomic E-state index is 10.6. The van der Waals surface area contributed by atoms with Crippen molar-refractivity contribution in [1.82, 2.24) is 15.0 Å². The molecule has 0 bridgehead atoms. The molecule has 0 aliphatic rings. The highest BCUT2D eigenvalue weighted by molar-refractivity contribution is 7.17. The van der Waals surface area contributed by atoms with Crippen molar-refractivity contribution in [3.05, 3.63) is 47.1 Å². The lowest BCUT2D eigenvalue weighted by molar-refractivity contribution is 0.411. The van der Waals surface area contributed by atoms with Gasteiger partial charge in [0.25, 0.3) is 5.19 Å². The Bertz CT molecular complexity index is 849. The van der Waals surface area contributed by atoms with Crippen molar-refractivity contribution in [3.63, 3.8) is 0 Å². The summed E-state index contributed by atoms with van der Waals surface area (Å²) in [5.74, 6) is 0.428. The van der Waals surface area contributed by atoms with Gasteiger partial charge in [-0.2, -0.15) is 0 Å². The Morgan fingerprint density at radius 2 is 2.13 bits per heavy atom. The minimum atomic E-state index is 0.342. The number of ether oxygens (including phenoxy) is 1. The van der Waals surface area contributed by atoms with Crippen LogP contribution in [0.2, 0.25) is 0 Å². The molecule has 0 spiro atoms. The minimum Gasteiger partial charge on any atom is -0.473 e. The Morgan fingerprint density at radius 3 is 2.87 bits per heavy atom. The van der Waals surface area contributed by atoms with Gasteiger partial charge in [-0.15, -0.1) is 4.91 Å². The summed E-state index contributed by atoms with van der Waals surface area (Å²) in [6.07, 6.45) is 1.66. The highest BCUT2D eigenvalue weighted by Crippen LogP contribution is 2.33. The molecule has 0 aliphatic heterocycles. The summed E-state index contributed by atoms with van der Waals surface area (Å²) in [6.45, 7) is 1.91. The van der Waals surface area contributed by atoms with E-state index in [4.69, 9.17) is 4.74 Å². The Morgan fingerprint density at radius 1 is 1.26 bits per heavy atom. The maximum absolute atomic E-state index is 10.6. The Labute approximate surface area is 136 Å².